The zero-order chi connectivity index (χ0) is 14.0. The van der Waals surface area contributed by atoms with E-state index in [1.165, 1.54) is 0 Å². The van der Waals surface area contributed by atoms with E-state index >= 15 is 0 Å². The summed E-state index contributed by atoms with van der Waals surface area (Å²) in [5.41, 5.74) is 0.650. The summed E-state index contributed by atoms with van der Waals surface area (Å²) < 4.78 is 20.2. The highest BCUT2D eigenvalue weighted by Gasteiger charge is 2.39. The molecule has 1 atom stereocenters. The third-order valence-corrected chi connectivity index (χ3v) is 8.44. The minimum atomic E-state index is -1.98. The van der Waals surface area contributed by atoms with Crippen LogP contribution in [0.1, 0.15) is 32.6 Å². The van der Waals surface area contributed by atoms with Gasteiger partial charge in [0.15, 0.2) is 8.32 Å². The molecule has 1 aromatic heterocycles. The largest absolute Gasteiger partial charge is 0.406 e. The average molecular weight is 334 g/mol. The smallest absolute Gasteiger partial charge is 0.193 e. The molecule has 1 aromatic rings. The maximum Gasteiger partial charge on any atom is 0.193 e. The van der Waals surface area contributed by atoms with Gasteiger partial charge >= 0.3 is 0 Å². The van der Waals surface area contributed by atoms with E-state index in [-0.39, 0.29) is 5.04 Å². The van der Waals surface area contributed by atoms with Crippen molar-refractivity contribution in [2.75, 3.05) is 6.67 Å². The van der Waals surface area contributed by atoms with Gasteiger partial charge in [0.2, 0.25) is 0 Å². The fourth-order valence-electron chi connectivity index (χ4n) is 1.30. The van der Waals surface area contributed by atoms with Gasteiger partial charge in [-0.15, -0.1) is 0 Å². The number of aromatic nitrogens is 1. The van der Waals surface area contributed by atoms with Gasteiger partial charge in [-0.25, -0.2) is 4.39 Å². The van der Waals surface area contributed by atoms with Gasteiger partial charge in [0.1, 0.15) is 12.8 Å². The van der Waals surface area contributed by atoms with Gasteiger partial charge < -0.3 is 4.43 Å². The van der Waals surface area contributed by atoms with Crippen LogP contribution in [0.4, 0.5) is 4.39 Å². The molecule has 0 aliphatic rings. The third-order valence-electron chi connectivity index (χ3n) is 3.46. The predicted octanol–water partition coefficient (Wildman–Crippen LogP) is 4.88. The number of alkyl halides is 1. The summed E-state index contributed by atoms with van der Waals surface area (Å²) >= 11 is 3.37. The first-order valence-corrected chi connectivity index (χ1v) is 9.73. The van der Waals surface area contributed by atoms with Gasteiger partial charge in [0.05, 0.1) is 5.69 Å². The zero-order valence-electron chi connectivity index (χ0n) is 11.6. The summed E-state index contributed by atoms with van der Waals surface area (Å²) in [6.07, 6.45) is 1.10. The maximum atomic E-state index is 13.2. The highest BCUT2D eigenvalue weighted by Crippen LogP contribution is 2.39. The third kappa shape index (κ3) is 3.86. The Bertz CT molecular complexity index is 406. The van der Waals surface area contributed by atoms with Crippen LogP contribution in [0.5, 0.6) is 0 Å². The summed E-state index contributed by atoms with van der Waals surface area (Å²) in [5.74, 6) is 0. The second-order valence-corrected chi connectivity index (χ2v) is 11.6. The Labute approximate surface area is 118 Å². The zero-order valence-corrected chi connectivity index (χ0v) is 14.2. The van der Waals surface area contributed by atoms with Crippen molar-refractivity contribution < 1.29 is 8.82 Å². The van der Waals surface area contributed by atoms with Gasteiger partial charge in [0, 0.05) is 10.7 Å². The van der Waals surface area contributed by atoms with E-state index in [9.17, 15) is 4.39 Å². The van der Waals surface area contributed by atoms with Gasteiger partial charge in [-0.3, -0.25) is 4.98 Å². The van der Waals surface area contributed by atoms with Gasteiger partial charge in [-0.05, 0) is 30.3 Å². The monoisotopic (exact) mass is 333 g/mol. The number of hydrogen-bond donors (Lipinski definition) is 0. The molecule has 0 fully saturated rings. The Hall–Kier alpha value is -0.263. The molecule has 0 amide bonds. The van der Waals surface area contributed by atoms with E-state index in [0.29, 0.717) is 5.69 Å². The SMILES string of the molecule is CC(C)(C)[Si](C)(C)OC(CF)c1cc(Br)ccn1. The molecule has 0 saturated carbocycles. The lowest BCUT2D eigenvalue weighted by molar-refractivity contribution is 0.145. The van der Waals surface area contributed by atoms with Crippen LogP contribution < -0.4 is 0 Å². The predicted molar refractivity (Wildman–Crippen MR) is 78.9 cm³/mol. The van der Waals surface area contributed by atoms with Crippen molar-refractivity contribution in [2.45, 2.75) is 45.0 Å². The van der Waals surface area contributed by atoms with Crippen molar-refractivity contribution in [2.24, 2.45) is 0 Å². The summed E-state index contributed by atoms with van der Waals surface area (Å²) in [7, 11) is -1.98. The molecule has 0 spiro atoms. The molecule has 1 heterocycles. The number of hydrogen-bond acceptors (Lipinski definition) is 2. The maximum absolute atomic E-state index is 13.2. The lowest BCUT2D eigenvalue weighted by atomic mass is 10.2. The molecular weight excluding hydrogens is 313 g/mol. The average Bonchev–Trinajstić information content (AvgIpc) is 2.24. The molecule has 1 rings (SSSR count). The molecule has 0 saturated heterocycles. The van der Waals surface area contributed by atoms with Crippen molar-refractivity contribution >= 4 is 24.2 Å². The standard InChI is InChI=1S/C13H21BrFNOSi/c1-13(2,3)18(4,5)17-12(9-15)11-8-10(14)6-7-16-11/h6-8,12H,9H2,1-5H3. The van der Waals surface area contributed by atoms with E-state index in [1.807, 2.05) is 12.1 Å². The van der Waals surface area contributed by atoms with Crippen molar-refractivity contribution in [1.82, 2.24) is 4.98 Å². The molecule has 0 N–H and O–H groups in total. The number of rotatable bonds is 4. The van der Waals surface area contributed by atoms with Crippen molar-refractivity contribution in [3.05, 3.63) is 28.5 Å². The van der Waals surface area contributed by atoms with Crippen molar-refractivity contribution in [3.8, 4) is 0 Å². The number of pyridine rings is 1. The summed E-state index contributed by atoms with van der Waals surface area (Å²) in [6, 6.07) is 3.64. The van der Waals surface area contributed by atoms with Crippen LogP contribution in [-0.4, -0.2) is 20.0 Å². The lowest BCUT2D eigenvalue weighted by Crippen LogP contribution is -2.42. The van der Waals surface area contributed by atoms with Crippen LogP contribution in [0, 0.1) is 0 Å². The molecule has 2 nitrogen and oxygen atoms in total. The minimum absolute atomic E-state index is 0.0619. The van der Waals surface area contributed by atoms with E-state index in [0.717, 1.165) is 4.47 Å². The molecule has 0 aliphatic heterocycles. The lowest BCUT2D eigenvalue weighted by Gasteiger charge is -2.38. The van der Waals surface area contributed by atoms with Crippen LogP contribution in [-0.2, 0) is 4.43 Å². The van der Waals surface area contributed by atoms with Crippen molar-refractivity contribution in [3.63, 3.8) is 0 Å². The van der Waals surface area contributed by atoms with Crippen molar-refractivity contribution in [1.29, 1.82) is 0 Å². The van der Waals surface area contributed by atoms with Crippen LogP contribution in [0.15, 0.2) is 22.8 Å². The summed E-state index contributed by atoms with van der Waals surface area (Å²) in [5, 5.41) is 0.0619. The topological polar surface area (TPSA) is 22.1 Å². The fourth-order valence-corrected chi connectivity index (χ4v) is 2.90. The van der Waals surface area contributed by atoms with Crippen LogP contribution in [0.25, 0.3) is 0 Å². The highest BCUT2D eigenvalue weighted by molar-refractivity contribution is 9.10. The molecule has 0 bridgehead atoms. The van der Waals surface area contributed by atoms with E-state index in [1.54, 1.807) is 6.20 Å². The number of nitrogens with zero attached hydrogens (tertiary/aromatic N) is 1. The summed E-state index contributed by atoms with van der Waals surface area (Å²) in [6.45, 7) is 10.1. The van der Waals surface area contributed by atoms with Crippen LogP contribution in [0.3, 0.4) is 0 Å². The molecular formula is C13H21BrFNOSi. The second kappa shape index (κ2) is 5.80. The highest BCUT2D eigenvalue weighted by atomic mass is 79.9. The summed E-state index contributed by atoms with van der Waals surface area (Å²) in [4.78, 5) is 4.20. The molecule has 18 heavy (non-hydrogen) atoms. The Morgan fingerprint density at radius 2 is 2.06 bits per heavy atom. The Kier molecular flexibility index (Phi) is 5.09. The molecule has 0 aromatic carbocycles. The molecule has 0 aliphatic carbocycles. The first-order chi connectivity index (χ1) is 8.17. The fraction of sp³-hybridized carbons (Fsp3) is 0.615. The van der Waals surface area contributed by atoms with Gasteiger partial charge in [0.25, 0.3) is 0 Å². The second-order valence-electron chi connectivity index (χ2n) is 5.92. The van der Waals surface area contributed by atoms with Crippen LogP contribution in [0.2, 0.25) is 18.1 Å². The van der Waals surface area contributed by atoms with Gasteiger partial charge in [-0.2, -0.15) is 0 Å². The molecule has 0 radical (unpaired) electrons. The van der Waals surface area contributed by atoms with E-state index in [4.69, 9.17) is 4.43 Å². The van der Waals surface area contributed by atoms with Crippen LogP contribution >= 0.6 is 15.9 Å². The normalized spacial score (nSPS) is 14.6. The van der Waals surface area contributed by atoms with E-state index < -0.39 is 21.1 Å². The van der Waals surface area contributed by atoms with Gasteiger partial charge in [-0.1, -0.05) is 36.7 Å². The minimum Gasteiger partial charge on any atom is -0.406 e. The Morgan fingerprint density at radius 1 is 1.44 bits per heavy atom. The van der Waals surface area contributed by atoms with E-state index in [2.05, 4.69) is 54.8 Å². The quantitative estimate of drug-likeness (QED) is 0.733. The molecule has 1 unspecified atom stereocenters. The molecule has 102 valence electrons. The number of halogens is 2. The Balaban J connectivity index is 2.93. The first-order valence-electron chi connectivity index (χ1n) is 6.02. The Morgan fingerprint density at radius 3 is 2.50 bits per heavy atom. The first kappa shape index (κ1) is 15.8. The molecule has 5 heteroatoms.